The Morgan fingerprint density at radius 3 is 1.78 bits per heavy atom. The van der Waals surface area contributed by atoms with Gasteiger partial charge in [0.1, 0.15) is 6.04 Å². The highest BCUT2D eigenvalue weighted by Crippen LogP contribution is 2.45. The van der Waals surface area contributed by atoms with Crippen molar-refractivity contribution in [1.82, 2.24) is 4.90 Å². The molecule has 0 saturated carbocycles. The molecule has 23 heavy (non-hydrogen) atoms. The fourth-order valence-electron chi connectivity index (χ4n) is 2.41. The van der Waals surface area contributed by atoms with Crippen LogP contribution in [0.15, 0.2) is 17.9 Å². The molecule has 1 atom stereocenters. The molecule has 0 fully saturated rings. The van der Waals surface area contributed by atoms with Crippen LogP contribution < -0.4 is 0 Å². The van der Waals surface area contributed by atoms with E-state index in [1.165, 1.54) is 0 Å². The van der Waals surface area contributed by atoms with Crippen molar-refractivity contribution in [2.24, 2.45) is 0 Å². The van der Waals surface area contributed by atoms with Crippen molar-refractivity contribution in [1.29, 1.82) is 0 Å². The van der Waals surface area contributed by atoms with Gasteiger partial charge in [-0.15, -0.1) is 0 Å². The van der Waals surface area contributed by atoms with Gasteiger partial charge in [0.2, 0.25) is 0 Å². The van der Waals surface area contributed by atoms with Crippen LogP contribution in [0, 0.1) is 0 Å². The largest absolute Gasteiger partial charge is 0.480 e. The summed E-state index contributed by atoms with van der Waals surface area (Å²) in [6.45, 7) is 1.92. The van der Waals surface area contributed by atoms with Crippen LogP contribution in [0.5, 0.6) is 0 Å². The molecule has 2 rings (SSSR count). The molecule has 0 spiro atoms. The predicted molar refractivity (Wildman–Crippen MR) is 98.7 cm³/mol. The number of carbonyl (C=O) groups is 3. The normalized spacial score (nSPS) is 15.1. The number of amides is 2. The molecule has 5 nitrogen and oxygen atoms in total. The number of hydrogen-bond donors (Lipinski definition) is 1. The summed E-state index contributed by atoms with van der Waals surface area (Å²) in [7, 11) is 0. The topological polar surface area (TPSA) is 74.7 Å². The Morgan fingerprint density at radius 2 is 1.43 bits per heavy atom. The van der Waals surface area contributed by atoms with Crippen LogP contribution in [0.2, 0.25) is 0 Å². The smallest absolute Gasteiger partial charge is 0.326 e. The molecule has 1 unspecified atom stereocenters. The van der Waals surface area contributed by atoms with Gasteiger partial charge >= 0.3 is 5.97 Å². The summed E-state index contributed by atoms with van der Waals surface area (Å²) < 4.78 is 1.99. The molecular formula is C14H11Br4NO4. The summed E-state index contributed by atoms with van der Waals surface area (Å²) >= 11 is 13.3. The lowest BCUT2D eigenvalue weighted by atomic mass is 10.1. The van der Waals surface area contributed by atoms with E-state index >= 15 is 0 Å². The zero-order valence-electron chi connectivity index (χ0n) is 11.8. The number of benzene rings is 1. The molecule has 0 saturated heterocycles. The molecule has 1 heterocycles. The Balaban J connectivity index is 2.59. The average molecular weight is 577 g/mol. The lowest BCUT2D eigenvalue weighted by Gasteiger charge is -2.22. The van der Waals surface area contributed by atoms with Gasteiger partial charge in [-0.2, -0.15) is 0 Å². The lowest BCUT2D eigenvalue weighted by Crippen LogP contribution is -2.44. The number of aliphatic carboxylic acids is 1. The van der Waals surface area contributed by atoms with Gasteiger partial charge in [-0.25, -0.2) is 4.79 Å². The van der Waals surface area contributed by atoms with Gasteiger partial charge in [-0.3, -0.25) is 14.5 Å². The second-order valence-corrected chi connectivity index (χ2v) is 8.15. The molecule has 1 aromatic carbocycles. The van der Waals surface area contributed by atoms with E-state index in [0.29, 0.717) is 24.3 Å². The highest BCUT2D eigenvalue weighted by atomic mass is 79.9. The zero-order chi connectivity index (χ0) is 17.5. The average Bonchev–Trinajstić information content (AvgIpc) is 2.75. The van der Waals surface area contributed by atoms with Crippen molar-refractivity contribution < 1.29 is 19.5 Å². The van der Waals surface area contributed by atoms with Crippen LogP contribution >= 0.6 is 63.7 Å². The van der Waals surface area contributed by atoms with Gasteiger partial charge < -0.3 is 5.11 Å². The maximum atomic E-state index is 12.7. The maximum absolute atomic E-state index is 12.7. The Morgan fingerprint density at radius 1 is 1.00 bits per heavy atom. The number of nitrogens with zero attached hydrogens (tertiary/aromatic N) is 1. The number of imide groups is 1. The number of unbranched alkanes of at least 4 members (excludes halogenated alkanes) is 1. The second kappa shape index (κ2) is 7.33. The maximum Gasteiger partial charge on any atom is 0.326 e. The van der Waals surface area contributed by atoms with Crippen LogP contribution in [-0.4, -0.2) is 33.8 Å². The third kappa shape index (κ3) is 3.17. The van der Waals surface area contributed by atoms with Gasteiger partial charge in [0.25, 0.3) is 11.8 Å². The quantitative estimate of drug-likeness (QED) is 0.305. The molecule has 124 valence electrons. The van der Waals surface area contributed by atoms with Crippen molar-refractivity contribution in [3.8, 4) is 0 Å². The first-order chi connectivity index (χ1) is 10.7. The molecule has 9 heteroatoms. The highest BCUT2D eigenvalue weighted by Gasteiger charge is 2.46. The summed E-state index contributed by atoms with van der Waals surface area (Å²) in [5.74, 6) is -2.39. The predicted octanol–water partition coefficient (Wildman–Crippen LogP) is 4.98. The van der Waals surface area contributed by atoms with E-state index in [-0.39, 0.29) is 17.5 Å². The van der Waals surface area contributed by atoms with Crippen molar-refractivity contribution in [2.45, 2.75) is 32.2 Å². The molecule has 0 bridgehead atoms. The van der Waals surface area contributed by atoms with Crippen molar-refractivity contribution in [3.63, 3.8) is 0 Å². The van der Waals surface area contributed by atoms with Gasteiger partial charge in [-0.05, 0) is 70.1 Å². The van der Waals surface area contributed by atoms with E-state index in [1.807, 2.05) is 6.92 Å². The number of fused-ring (bicyclic) bond motifs is 1. The molecule has 2 amide bonds. The van der Waals surface area contributed by atoms with E-state index < -0.39 is 23.8 Å². The monoisotopic (exact) mass is 573 g/mol. The Labute approximate surface area is 166 Å². The number of carbonyl (C=O) groups excluding carboxylic acids is 2. The summed E-state index contributed by atoms with van der Waals surface area (Å²) in [4.78, 5) is 37.8. The third-order valence-corrected chi connectivity index (χ3v) is 8.33. The van der Waals surface area contributed by atoms with Crippen molar-refractivity contribution >= 4 is 81.5 Å². The van der Waals surface area contributed by atoms with Crippen LogP contribution in [-0.2, 0) is 4.79 Å². The minimum absolute atomic E-state index is 0.166. The van der Waals surface area contributed by atoms with Crippen LogP contribution in [0.3, 0.4) is 0 Å². The molecular weight excluding hydrogens is 566 g/mol. The number of carboxylic acid groups (broad SMARTS) is 1. The SMILES string of the molecule is CCCCC(C(=O)O)N1C(=O)c2c(Br)c(Br)c(Br)c(Br)c2C1=O. The molecule has 1 aromatic rings. The first-order valence-electron chi connectivity index (χ1n) is 6.70. The van der Waals surface area contributed by atoms with E-state index in [4.69, 9.17) is 0 Å². The summed E-state index contributed by atoms with van der Waals surface area (Å²) in [5, 5.41) is 9.43. The Kier molecular flexibility index (Phi) is 6.08. The summed E-state index contributed by atoms with van der Waals surface area (Å²) in [5.41, 5.74) is 0.333. The van der Waals surface area contributed by atoms with E-state index in [9.17, 15) is 19.5 Å². The van der Waals surface area contributed by atoms with Crippen LogP contribution in [0.1, 0.15) is 46.9 Å². The van der Waals surface area contributed by atoms with Gasteiger partial charge in [-0.1, -0.05) is 19.8 Å². The lowest BCUT2D eigenvalue weighted by molar-refractivity contribution is -0.141. The number of hydrogen-bond acceptors (Lipinski definition) is 3. The second-order valence-electron chi connectivity index (χ2n) is 4.98. The van der Waals surface area contributed by atoms with Crippen molar-refractivity contribution in [3.05, 3.63) is 29.0 Å². The van der Waals surface area contributed by atoms with E-state index in [0.717, 1.165) is 11.3 Å². The molecule has 1 N–H and O–H groups in total. The van der Waals surface area contributed by atoms with Crippen molar-refractivity contribution in [2.75, 3.05) is 0 Å². The standard InChI is InChI=1S/C14H11Br4NO4/c1-2-3-4-5(14(22)23)19-12(20)6-7(13(19)21)9(16)11(18)10(17)8(6)15/h5H,2-4H2,1H3,(H,22,23). The Bertz CT molecular complexity index is 672. The van der Waals surface area contributed by atoms with Crippen LogP contribution in [0.4, 0.5) is 0 Å². The van der Waals surface area contributed by atoms with E-state index in [1.54, 1.807) is 0 Å². The summed E-state index contributed by atoms with van der Waals surface area (Å²) in [6.07, 6.45) is 1.62. The van der Waals surface area contributed by atoms with E-state index in [2.05, 4.69) is 63.7 Å². The zero-order valence-corrected chi connectivity index (χ0v) is 18.2. The van der Waals surface area contributed by atoms with Gasteiger partial charge in [0.05, 0.1) is 11.1 Å². The minimum atomic E-state index is -1.18. The highest BCUT2D eigenvalue weighted by molar-refractivity contribution is 9.15. The molecule has 0 aliphatic carbocycles. The number of carboxylic acids is 1. The Hall–Kier alpha value is -0.250. The number of rotatable bonds is 5. The van der Waals surface area contributed by atoms with Crippen LogP contribution in [0.25, 0.3) is 0 Å². The minimum Gasteiger partial charge on any atom is -0.480 e. The van der Waals surface area contributed by atoms with Gasteiger partial charge in [0.15, 0.2) is 0 Å². The van der Waals surface area contributed by atoms with Gasteiger partial charge in [0, 0.05) is 17.9 Å². The fraction of sp³-hybridized carbons (Fsp3) is 0.357. The molecule has 0 radical (unpaired) electrons. The number of halogens is 4. The molecule has 0 aromatic heterocycles. The fourth-order valence-corrected chi connectivity index (χ4v) is 4.87. The third-order valence-electron chi connectivity index (χ3n) is 3.56. The summed E-state index contributed by atoms with van der Waals surface area (Å²) in [6, 6.07) is -1.17. The molecule has 1 aliphatic rings. The first-order valence-corrected chi connectivity index (χ1v) is 9.87. The molecule has 1 aliphatic heterocycles. The first kappa shape index (κ1) is 19.1.